The molecule has 3 amide bonds. The number of Topliss-reactive ketones (excluding diaryl/α,β-unsaturated/α-hetero) is 3. The minimum absolute atomic E-state index is 0. The molecule has 0 aromatic heterocycles. The minimum Gasteiger partial charge on any atom is -0.649 e. The standard InChI is InChI=1S/3C8H15NO3.Fe/c3*1-3-7(5-10)9-8(12)4-6(2)11;/h3*7,10H,3-5H2,1-2H3,(H,9,12);/q;;;+3/p-3. The van der Waals surface area contributed by atoms with Crippen molar-refractivity contribution in [1.29, 1.82) is 0 Å². The van der Waals surface area contributed by atoms with Gasteiger partial charge in [-0.05, 0) is 20.8 Å². The molecule has 37 heavy (non-hydrogen) atoms. The monoisotopic (exact) mass is 572 g/mol. The summed E-state index contributed by atoms with van der Waals surface area (Å²) in [6.07, 6.45) is 1.37. The smallest absolute Gasteiger partial charge is 0.649 e. The zero-order chi connectivity index (χ0) is 28.7. The van der Waals surface area contributed by atoms with Gasteiger partial charge in [0.15, 0.2) is 0 Å². The maximum Gasteiger partial charge on any atom is 3.00 e. The number of rotatable bonds is 15. The summed E-state index contributed by atoms with van der Waals surface area (Å²) in [7, 11) is 0. The van der Waals surface area contributed by atoms with E-state index in [0.717, 1.165) is 0 Å². The topological polar surface area (TPSA) is 205 Å². The molecule has 0 saturated carbocycles. The van der Waals surface area contributed by atoms with Crippen molar-refractivity contribution in [3.05, 3.63) is 16.0 Å². The molecule has 0 bridgehead atoms. The molecule has 0 rings (SSSR count). The molecular formula is C24H42FeN3O9. The molecule has 215 valence electrons. The van der Waals surface area contributed by atoms with Gasteiger partial charge in [-0.3, -0.25) is 14.4 Å². The molecule has 0 aliphatic heterocycles. The van der Waals surface area contributed by atoms with Gasteiger partial charge in [-0.1, -0.05) is 58.2 Å². The molecule has 3 unspecified atom stereocenters. The van der Waals surface area contributed by atoms with Crippen LogP contribution in [0.2, 0.25) is 0 Å². The average Bonchev–Trinajstić information content (AvgIpc) is 2.78. The Balaban J connectivity index is -0.000000218. The van der Waals surface area contributed by atoms with Crippen LogP contribution in [0.25, 0.3) is 16.0 Å². The number of amides is 3. The second kappa shape index (κ2) is 26.9. The third kappa shape index (κ3) is 29.9. The Bertz CT molecular complexity index is 588. The first-order chi connectivity index (χ1) is 16.8. The van der Waals surface area contributed by atoms with E-state index in [4.69, 9.17) is 15.3 Å². The summed E-state index contributed by atoms with van der Waals surface area (Å²) in [5.41, 5.74) is 0. The Morgan fingerprint density at radius 2 is 0.703 bits per heavy atom. The minimum atomic E-state index is -0.441. The van der Waals surface area contributed by atoms with Crippen molar-refractivity contribution in [3.63, 3.8) is 0 Å². The van der Waals surface area contributed by atoms with Gasteiger partial charge in [0, 0.05) is 39.1 Å². The van der Waals surface area contributed by atoms with E-state index < -0.39 is 17.7 Å². The molecular weight excluding hydrogens is 530 g/mol. The first-order valence-electron chi connectivity index (χ1n) is 11.8. The first kappa shape index (κ1) is 41.9. The van der Waals surface area contributed by atoms with E-state index in [1.807, 2.05) is 20.8 Å². The zero-order valence-electron chi connectivity index (χ0n) is 22.6. The van der Waals surface area contributed by atoms with E-state index in [1.165, 1.54) is 20.8 Å². The van der Waals surface area contributed by atoms with E-state index in [1.54, 1.807) is 0 Å². The van der Waals surface area contributed by atoms with E-state index in [2.05, 4.69) is 16.0 Å². The van der Waals surface area contributed by atoms with E-state index in [-0.39, 0.29) is 91.6 Å². The third-order valence-electron chi connectivity index (χ3n) is 4.23. The summed E-state index contributed by atoms with van der Waals surface area (Å²) in [6.45, 7) is 9.08. The summed E-state index contributed by atoms with van der Waals surface area (Å²) in [5.74, 6) is -1.92. The molecule has 1 radical (unpaired) electrons. The number of hydrogen-bond donors (Lipinski definition) is 3. The third-order valence-corrected chi connectivity index (χ3v) is 4.23. The summed E-state index contributed by atoms with van der Waals surface area (Å²) in [6, 6.07) is -1.05. The van der Waals surface area contributed by atoms with Crippen molar-refractivity contribution in [2.75, 3.05) is 19.8 Å². The van der Waals surface area contributed by atoms with Crippen molar-refractivity contribution < 1.29 is 61.2 Å². The van der Waals surface area contributed by atoms with Crippen LogP contribution in [0.3, 0.4) is 0 Å². The largest absolute Gasteiger partial charge is 3.00 e. The molecule has 3 atom stereocenters. The van der Waals surface area contributed by atoms with E-state index >= 15 is 0 Å². The number of hydrogen-bond acceptors (Lipinski definition) is 9. The predicted molar refractivity (Wildman–Crippen MR) is 134 cm³/mol. The zero-order valence-corrected chi connectivity index (χ0v) is 23.7. The van der Waals surface area contributed by atoms with Crippen molar-refractivity contribution in [1.82, 2.24) is 0 Å². The van der Waals surface area contributed by atoms with Gasteiger partial charge in [0.25, 0.3) is 0 Å². The molecule has 0 heterocycles. The van der Waals surface area contributed by atoms with Crippen molar-refractivity contribution >= 4 is 35.1 Å². The summed E-state index contributed by atoms with van der Waals surface area (Å²) >= 11 is 0. The number of ketones is 3. The fraction of sp³-hybridized carbons (Fsp3) is 0.750. The van der Waals surface area contributed by atoms with Crippen molar-refractivity contribution in [2.45, 2.75) is 98.2 Å². The van der Waals surface area contributed by atoms with Gasteiger partial charge in [0.2, 0.25) is 0 Å². The van der Waals surface area contributed by atoms with Crippen LogP contribution >= 0.6 is 0 Å². The van der Waals surface area contributed by atoms with E-state index in [0.29, 0.717) is 19.3 Å². The Kier molecular flexibility index (Phi) is 30.4. The first-order valence-corrected chi connectivity index (χ1v) is 11.8. The number of carbonyl (C=O) groups excluding carboxylic acids is 6. The van der Waals surface area contributed by atoms with Gasteiger partial charge < -0.3 is 45.7 Å². The van der Waals surface area contributed by atoms with Crippen LogP contribution < -0.4 is 0 Å². The molecule has 12 nitrogen and oxygen atoms in total. The Labute approximate surface area is 230 Å². The molecule has 3 N–H and O–H groups in total. The van der Waals surface area contributed by atoms with Crippen molar-refractivity contribution in [3.8, 4) is 0 Å². The molecule has 0 aromatic rings. The van der Waals surface area contributed by atoms with Crippen LogP contribution in [0, 0.1) is 0 Å². The second-order valence-electron chi connectivity index (χ2n) is 7.94. The molecule has 0 aliphatic rings. The van der Waals surface area contributed by atoms with Crippen molar-refractivity contribution in [2.24, 2.45) is 0 Å². The SMILES string of the molecule is CCC(CO)[N-]C(=O)CC(C)=O.CCC(CO)[N-]C(=O)CC(C)=O.CCC(CO)[N-]C(=O)CC(C)=O.[Fe+3]. The Hall–Kier alpha value is -2.18. The van der Waals surface area contributed by atoms with Crippen LogP contribution in [0.5, 0.6) is 0 Å². The molecule has 0 spiro atoms. The van der Waals surface area contributed by atoms with Crippen LogP contribution in [0.4, 0.5) is 0 Å². The van der Waals surface area contributed by atoms with Crippen LogP contribution in [0.15, 0.2) is 0 Å². The predicted octanol–water partition coefficient (Wildman–Crippen LogP) is 1.91. The molecule has 0 aliphatic carbocycles. The van der Waals surface area contributed by atoms with Gasteiger partial charge in [-0.2, -0.15) is 0 Å². The fourth-order valence-electron chi connectivity index (χ4n) is 2.17. The van der Waals surface area contributed by atoms with Crippen LogP contribution in [0.1, 0.15) is 80.1 Å². The fourth-order valence-corrected chi connectivity index (χ4v) is 2.17. The maximum absolute atomic E-state index is 10.9. The summed E-state index contributed by atoms with van der Waals surface area (Å²) in [5, 5.41) is 37.0. The summed E-state index contributed by atoms with van der Waals surface area (Å²) < 4.78 is 0. The van der Waals surface area contributed by atoms with Crippen LogP contribution in [-0.4, -0.2) is 88.3 Å². The van der Waals surface area contributed by atoms with Gasteiger partial charge in [0.05, 0.1) is 17.7 Å². The van der Waals surface area contributed by atoms with Gasteiger partial charge in [-0.25, -0.2) is 0 Å². The number of aliphatic hydroxyl groups is 3. The molecule has 0 saturated heterocycles. The normalized spacial score (nSPS) is 11.9. The van der Waals surface area contributed by atoms with Gasteiger partial charge in [-0.15, -0.1) is 0 Å². The van der Waals surface area contributed by atoms with Crippen LogP contribution in [-0.2, 0) is 45.8 Å². The number of carbonyl (C=O) groups is 6. The molecule has 0 fully saturated rings. The second-order valence-corrected chi connectivity index (χ2v) is 7.94. The molecule has 0 aromatic carbocycles. The Morgan fingerprint density at radius 3 is 0.811 bits per heavy atom. The van der Waals surface area contributed by atoms with Gasteiger partial charge in [0.1, 0.15) is 17.3 Å². The quantitative estimate of drug-likeness (QED) is 0.193. The molecule has 13 heteroatoms. The van der Waals surface area contributed by atoms with Gasteiger partial charge >= 0.3 is 17.1 Å². The number of nitrogens with zero attached hydrogens (tertiary/aromatic N) is 3. The Morgan fingerprint density at radius 1 is 0.514 bits per heavy atom. The summed E-state index contributed by atoms with van der Waals surface area (Å²) in [4.78, 5) is 64.1. The van der Waals surface area contributed by atoms with E-state index in [9.17, 15) is 28.8 Å². The average molecular weight is 572 g/mol. The maximum atomic E-state index is 10.9. The number of aliphatic hydroxyl groups excluding tert-OH is 3.